The summed E-state index contributed by atoms with van der Waals surface area (Å²) in [6.07, 6.45) is 6.79. The number of hydrogen-bond donors (Lipinski definition) is 0. The van der Waals surface area contributed by atoms with E-state index in [2.05, 4.69) is 10.3 Å². The summed E-state index contributed by atoms with van der Waals surface area (Å²) in [5.41, 5.74) is 4.91. The van der Waals surface area contributed by atoms with Crippen LogP contribution in [0.1, 0.15) is 47.8 Å². The molecule has 0 fully saturated rings. The third-order valence-corrected chi connectivity index (χ3v) is 5.09. The van der Waals surface area contributed by atoms with Crippen LogP contribution in [-0.4, -0.2) is 46.8 Å². The van der Waals surface area contributed by atoms with E-state index in [0.29, 0.717) is 37.9 Å². The summed E-state index contributed by atoms with van der Waals surface area (Å²) in [7, 11) is 0. The molecule has 3 rings (SSSR count). The molecule has 0 unspecified atom stereocenters. The molecule has 8 nitrogen and oxygen atoms in total. The van der Waals surface area contributed by atoms with Crippen molar-refractivity contribution in [3.05, 3.63) is 70.8 Å². The molecular formula is C27H31N3O5. The zero-order valence-corrected chi connectivity index (χ0v) is 20.6. The van der Waals surface area contributed by atoms with Gasteiger partial charge in [-0.1, -0.05) is 37.3 Å². The van der Waals surface area contributed by atoms with Crippen LogP contribution in [0, 0.1) is 12.8 Å². The van der Waals surface area contributed by atoms with Gasteiger partial charge in [-0.25, -0.2) is 14.3 Å². The van der Waals surface area contributed by atoms with E-state index in [4.69, 9.17) is 14.2 Å². The lowest BCUT2D eigenvalue weighted by atomic mass is 10.1. The minimum atomic E-state index is -0.376. The Morgan fingerprint density at radius 1 is 1.09 bits per heavy atom. The van der Waals surface area contributed by atoms with Crippen molar-refractivity contribution in [1.29, 1.82) is 0 Å². The molecule has 0 atom stereocenters. The maximum atomic E-state index is 12.0. The zero-order valence-electron chi connectivity index (χ0n) is 20.6. The number of aryl methyl sites for hydroxylation is 1. The van der Waals surface area contributed by atoms with Crippen LogP contribution in [0.4, 0.5) is 0 Å². The predicted octanol–water partition coefficient (Wildman–Crippen LogP) is 4.82. The van der Waals surface area contributed by atoms with E-state index in [1.807, 2.05) is 51.1 Å². The van der Waals surface area contributed by atoms with Crippen LogP contribution >= 0.6 is 0 Å². The molecule has 0 bridgehead atoms. The SMILES string of the molecule is CCOC(=O)/C=C/c1ccc2c(nnn2/C=C/COCc2ccc(C(=O)OCC(C)C)cc2)c1C. The summed E-state index contributed by atoms with van der Waals surface area (Å²) in [5.74, 6) is -0.387. The molecular weight excluding hydrogens is 446 g/mol. The summed E-state index contributed by atoms with van der Waals surface area (Å²) in [5, 5.41) is 8.46. The van der Waals surface area contributed by atoms with Gasteiger partial charge in [0.15, 0.2) is 0 Å². The third kappa shape index (κ3) is 7.35. The fourth-order valence-electron chi connectivity index (χ4n) is 3.24. The average Bonchev–Trinajstić information content (AvgIpc) is 3.26. The fourth-order valence-corrected chi connectivity index (χ4v) is 3.24. The van der Waals surface area contributed by atoms with Crippen molar-refractivity contribution >= 4 is 35.2 Å². The highest BCUT2D eigenvalue weighted by atomic mass is 16.5. The van der Waals surface area contributed by atoms with Crippen LogP contribution in [0.15, 0.2) is 48.6 Å². The van der Waals surface area contributed by atoms with Crippen LogP contribution in [0.3, 0.4) is 0 Å². The normalized spacial score (nSPS) is 11.7. The van der Waals surface area contributed by atoms with E-state index in [0.717, 1.165) is 27.7 Å². The van der Waals surface area contributed by atoms with Crippen LogP contribution < -0.4 is 0 Å². The lowest BCUT2D eigenvalue weighted by Gasteiger charge is -2.07. The second-order valence-corrected chi connectivity index (χ2v) is 8.36. The Morgan fingerprint density at radius 2 is 1.86 bits per heavy atom. The summed E-state index contributed by atoms with van der Waals surface area (Å²) in [4.78, 5) is 23.6. The van der Waals surface area contributed by atoms with E-state index < -0.39 is 0 Å². The number of aromatic nitrogens is 3. The number of rotatable bonds is 11. The highest BCUT2D eigenvalue weighted by Gasteiger charge is 2.09. The minimum absolute atomic E-state index is 0.302. The summed E-state index contributed by atoms with van der Waals surface area (Å²) in [6.45, 7) is 9.26. The summed E-state index contributed by atoms with van der Waals surface area (Å²) >= 11 is 0. The van der Waals surface area contributed by atoms with Crippen LogP contribution in [-0.2, 0) is 25.6 Å². The maximum absolute atomic E-state index is 12.0. The van der Waals surface area contributed by atoms with Gasteiger partial charge in [0.1, 0.15) is 5.52 Å². The highest BCUT2D eigenvalue weighted by molar-refractivity contribution is 5.90. The maximum Gasteiger partial charge on any atom is 0.338 e. The van der Waals surface area contributed by atoms with Crippen molar-refractivity contribution in [3.63, 3.8) is 0 Å². The number of carbonyl (C=O) groups is 2. The number of fused-ring (bicyclic) bond motifs is 1. The predicted molar refractivity (Wildman–Crippen MR) is 134 cm³/mol. The molecule has 0 aliphatic heterocycles. The first-order chi connectivity index (χ1) is 16.9. The first-order valence-corrected chi connectivity index (χ1v) is 11.6. The van der Waals surface area contributed by atoms with E-state index >= 15 is 0 Å². The molecule has 1 heterocycles. The lowest BCUT2D eigenvalue weighted by molar-refractivity contribution is -0.137. The van der Waals surface area contributed by atoms with Crippen molar-refractivity contribution in [2.45, 2.75) is 34.3 Å². The van der Waals surface area contributed by atoms with Gasteiger partial charge in [-0.05, 0) is 66.8 Å². The van der Waals surface area contributed by atoms with E-state index in [-0.39, 0.29) is 11.9 Å². The monoisotopic (exact) mass is 477 g/mol. The Bertz CT molecular complexity index is 1210. The molecule has 0 aliphatic rings. The van der Waals surface area contributed by atoms with Gasteiger partial charge >= 0.3 is 11.9 Å². The minimum Gasteiger partial charge on any atom is -0.463 e. The van der Waals surface area contributed by atoms with Gasteiger partial charge in [-0.15, -0.1) is 5.10 Å². The van der Waals surface area contributed by atoms with E-state index in [1.165, 1.54) is 6.08 Å². The molecule has 0 saturated carbocycles. The first-order valence-electron chi connectivity index (χ1n) is 11.6. The van der Waals surface area contributed by atoms with Crippen molar-refractivity contribution in [2.75, 3.05) is 19.8 Å². The van der Waals surface area contributed by atoms with Crippen LogP contribution in [0.25, 0.3) is 23.3 Å². The van der Waals surface area contributed by atoms with Gasteiger partial charge in [0.25, 0.3) is 0 Å². The molecule has 1 aromatic heterocycles. The molecule has 0 radical (unpaired) electrons. The molecule has 0 spiro atoms. The van der Waals surface area contributed by atoms with Gasteiger partial charge in [0.2, 0.25) is 0 Å². The number of ether oxygens (including phenoxy) is 3. The molecule has 3 aromatic rings. The second-order valence-electron chi connectivity index (χ2n) is 8.36. The largest absolute Gasteiger partial charge is 0.463 e. The molecule has 35 heavy (non-hydrogen) atoms. The number of benzene rings is 2. The van der Waals surface area contributed by atoms with Crippen molar-refractivity contribution in [2.24, 2.45) is 5.92 Å². The number of esters is 2. The van der Waals surface area contributed by atoms with Crippen molar-refractivity contribution < 1.29 is 23.8 Å². The molecule has 0 amide bonds. The lowest BCUT2D eigenvalue weighted by Crippen LogP contribution is -2.10. The standard InChI is InChI=1S/C27H31N3O5/c1-5-34-25(31)14-12-22-11-13-24-26(20(22)4)28-29-30(24)15-6-16-33-18-21-7-9-23(10-8-21)27(32)35-17-19(2)3/h6-15,19H,5,16-18H2,1-4H3/b14-12+,15-6+. The van der Waals surface area contributed by atoms with Crippen molar-refractivity contribution in [3.8, 4) is 0 Å². The second kappa shape index (κ2) is 12.6. The van der Waals surface area contributed by atoms with Crippen LogP contribution in [0.2, 0.25) is 0 Å². The molecule has 2 aromatic carbocycles. The molecule has 8 heteroatoms. The highest BCUT2D eigenvalue weighted by Crippen LogP contribution is 2.21. The quantitative estimate of drug-likeness (QED) is 0.222. The van der Waals surface area contributed by atoms with E-state index in [1.54, 1.807) is 36.0 Å². The molecule has 184 valence electrons. The number of hydrogen-bond acceptors (Lipinski definition) is 7. The molecule has 0 aliphatic carbocycles. The van der Waals surface area contributed by atoms with E-state index in [9.17, 15) is 9.59 Å². The number of carbonyl (C=O) groups excluding carboxylic acids is 2. The first kappa shape index (κ1) is 25.8. The van der Waals surface area contributed by atoms with Gasteiger partial charge in [0.05, 0.1) is 37.5 Å². The Balaban J connectivity index is 1.53. The van der Waals surface area contributed by atoms with Crippen molar-refractivity contribution in [1.82, 2.24) is 15.0 Å². The summed E-state index contributed by atoms with van der Waals surface area (Å²) in [6, 6.07) is 11.0. The zero-order chi connectivity index (χ0) is 25.2. The Kier molecular flexibility index (Phi) is 9.31. The van der Waals surface area contributed by atoms with Gasteiger partial charge in [-0.2, -0.15) is 0 Å². The fraction of sp³-hybridized carbons (Fsp3) is 0.333. The van der Waals surface area contributed by atoms with Gasteiger partial charge in [-0.3, -0.25) is 0 Å². The molecule has 0 N–H and O–H groups in total. The third-order valence-electron chi connectivity index (χ3n) is 5.09. The topological polar surface area (TPSA) is 92.5 Å². The summed E-state index contributed by atoms with van der Waals surface area (Å²) < 4.78 is 17.6. The smallest absolute Gasteiger partial charge is 0.338 e. The van der Waals surface area contributed by atoms with Gasteiger partial charge < -0.3 is 14.2 Å². The average molecular weight is 478 g/mol. The molecule has 0 saturated heterocycles. The Labute approximate surface area is 205 Å². The Hall–Kier alpha value is -3.78. The Morgan fingerprint density at radius 3 is 2.57 bits per heavy atom. The van der Waals surface area contributed by atoms with Gasteiger partial charge in [0, 0.05) is 12.3 Å². The van der Waals surface area contributed by atoms with Crippen LogP contribution in [0.5, 0.6) is 0 Å². The number of nitrogens with zero attached hydrogens (tertiary/aromatic N) is 3.